The molecule has 0 atom stereocenters. The molecule has 0 spiro atoms. The van der Waals surface area contributed by atoms with E-state index >= 15 is 0 Å². The maximum absolute atomic E-state index is 13.1. The van der Waals surface area contributed by atoms with E-state index in [2.05, 4.69) is 36.5 Å². The van der Waals surface area contributed by atoms with Gasteiger partial charge in [0.05, 0.1) is 19.4 Å². The number of carbonyl (C=O) groups excluding carboxylic acids is 3. The van der Waals surface area contributed by atoms with E-state index in [4.69, 9.17) is 9.47 Å². The third kappa shape index (κ3) is 5.78. The van der Waals surface area contributed by atoms with Gasteiger partial charge in [0.2, 0.25) is 0 Å². The Morgan fingerprint density at radius 1 is 0.917 bits per heavy atom. The van der Waals surface area contributed by atoms with E-state index in [9.17, 15) is 14.4 Å². The first kappa shape index (κ1) is 25.1. The molecule has 0 bridgehead atoms. The molecule has 184 valence electrons. The minimum atomic E-state index is -0.780. The molecular weight excluding hydrogens is 476 g/mol. The fourth-order valence-corrected chi connectivity index (χ4v) is 4.40. The second-order valence-electron chi connectivity index (χ2n) is 8.22. The number of thioether (sulfide) groups is 1. The summed E-state index contributed by atoms with van der Waals surface area (Å²) in [6, 6.07) is 19.6. The Hall–Kier alpha value is -4.04. The van der Waals surface area contributed by atoms with E-state index < -0.39 is 17.8 Å². The van der Waals surface area contributed by atoms with Gasteiger partial charge in [0.1, 0.15) is 5.57 Å². The summed E-state index contributed by atoms with van der Waals surface area (Å²) in [5.41, 5.74) is 2.90. The van der Waals surface area contributed by atoms with Gasteiger partial charge in [-0.05, 0) is 67.4 Å². The number of methoxy groups -OCH3 is 1. The molecule has 1 aliphatic rings. The number of urea groups is 1. The Kier molecular flexibility index (Phi) is 7.75. The zero-order chi connectivity index (χ0) is 25.7. The number of rotatable bonds is 8. The molecular formula is C28H26N2O5S. The summed E-state index contributed by atoms with van der Waals surface area (Å²) in [5.74, 6) is 0.346. The monoisotopic (exact) mass is 502 g/mol. The predicted octanol–water partition coefficient (Wildman–Crippen LogP) is 5.15. The third-order valence-electron chi connectivity index (χ3n) is 5.49. The van der Waals surface area contributed by atoms with Crippen LogP contribution in [0.3, 0.4) is 0 Å². The fraction of sp³-hybridized carbons (Fsp3) is 0.179. The highest BCUT2D eigenvalue weighted by molar-refractivity contribution is 7.99. The van der Waals surface area contributed by atoms with Crippen molar-refractivity contribution in [2.75, 3.05) is 24.4 Å². The summed E-state index contributed by atoms with van der Waals surface area (Å²) in [5, 5.41) is 2.24. The van der Waals surface area contributed by atoms with Gasteiger partial charge in [-0.15, -0.1) is 11.8 Å². The highest BCUT2D eigenvalue weighted by Crippen LogP contribution is 2.30. The highest BCUT2D eigenvalue weighted by Gasteiger charge is 2.36. The number of barbiturate groups is 1. The average molecular weight is 503 g/mol. The molecule has 36 heavy (non-hydrogen) atoms. The van der Waals surface area contributed by atoms with E-state index in [1.54, 1.807) is 48.2 Å². The summed E-state index contributed by atoms with van der Waals surface area (Å²) in [6.45, 7) is 4.39. The maximum atomic E-state index is 13.1. The van der Waals surface area contributed by atoms with E-state index in [1.165, 1.54) is 23.6 Å². The fourth-order valence-electron chi connectivity index (χ4n) is 3.66. The number of hydrogen-bond donors (Lipinski definition) is 1. The number of nitrogens with zero attached hydrogens (tertiary/aromatic N) is 1. The summed E-state index contributed by atoms with van der Waals surface area (Å²) in [4.78, 5) is 40.1. The van der Waals surface area contributed by atoms with Crippen molar-refractivity contribution in [2.45, 2.75) is 18.7 Å². The number of aryl methyl sites for hydroxylation is 2. The van der Waals surface area contributed by atoms with Crippen molar-refractivity contribution < 1.29 is 23.9 Å². The molecule has 0 aliphatic carbocycles. The molecule has 4 rings (SSSR count). The van der Waals surface area contributed by atoms with Gasteiger partial charge < -0.3 is 9.47 Å². The van der Waals surface area contributed by atoms with Crippen LogP contribution in [0, 0.1) is 13.8 Å². The molecule has 3 aromatic rings. The molecule has 0 saturated carbocycles. The summed E-state index contributed by atoms with van der Waals surface area (Å²) in [7, 11) is 1.52. The lowest BCUT2D eigenvalue weighted by Crippen LogP contribution is -2.54. The number of carbonyl (C=O) groups is 3. The Morgan fingerprint density at radius 3 is 2.42 bits per heavy atom. The molecule has 0 aromatic heterocycles. The van der Waals surface area contributed by atoms with Crippen molar-refractivity contribution in [3.63, 3.8) is 0 Å². The number of nitrogens with one attached hydrogen (secondary N) is 1. The second-order valence-corrected chi connectivity index (χ2v) is 9.39. The Labute approximate surface area is 214 Å². The molecule has 1 N–H and O–H groups in total. The van der Waals surface area contributed by atoms with Crippen LogP contribution >= 0.6 is 11.8 Å². The maximum Gasteiger partial charge on any atom is 0.335 e. The van der Waals surface area contributed by atoms with E-state index in [0.29, 0.717) is 29.4 Å². The highest BCUT2D eigenvalue weighted by atomic mass is 32.2. The van der Waals surface area contributed by atoms with Gasteiger partial charge in [-0.25, -0.2) is 9.69 Å². The largest absolute Gasteiger partial charge is 0.493 e. The van der Waals surface area contributed by atoms with Gasteiger partial charge in [0, 0.05) is 10.6 Å². The van der Waals surface area contributed by atoms with Gasteiger partial charge in [0.15, 0.2) is 11.5 Å². The van der Waals surface area contributed by atoms with E-state index in [0.717, 1.165) is 16.2 Å². The molecule has 1 saturated heterocycles. The SMILES string of the molecule is COc1cc(/C=C2/C(=O)NC(=O)N(c3cccc(C)c3)C2=O)ccc1OCCSc1ccc(C)cc1. The normalized spacial score (nSPS) is 14.7. The molecule has 0 radical (unpaired) electrons. The van der Waals surface area contributed by atoms with Gasteiger partial charge in [-0.1, -0.05) is 35.9 Å². The van der Waals surface area contributed by atoms with Crippen molar-refractivity contribution in [1.29, 1.82) is 0 Å². The Morgan fingerprint density at radius 2 is 1.69 bits per heavy atom. The van der Waals surface area contributed by atoms with Gasteiger partial charge in [-0.2, -0.15) is 0 Å². The number of imide groups is 2. The third-order valence-corrected chi connectivity index (χ3v) is 6.47. The first-order chi connectivity index (χ1) is 17.4. The minimum Gasteiger partial charge on any atom is -0.493 e. The van der Waals surface area contributed by atoms with Crippen LogP contribution in [-0.2, 0) is 9.59 Å². The lowest BCUT2D eigenvalue weighted by Gasteiger charge is -2.26. The first-order valence-corrected chi connectivity index (χ1v) is 12.3. The van der Waals surface area contributed by atoms with Crippen LogP contribution in [0.5, 0.6) is 11.5 Å². The van der Waals surface area contributed by atoms with Gasteiger partial charge in [-0.3, -0.25) is 14.9 Å². The topological polar surface area (TPSA) is 84.9 Å². The van der Waals surface area contributed by atoms with E-state index in [-0.39, 0.29) is 5.57 Å². The van der Waals surface area contributed by atoms with Crippen molar-refractivity contribution >= 4 is 41.4 Å². The van der Waals surface area contributed by atoms with Crippen molar-refractivity contribution in [3.05, 3.63) is 89.0 Å². The van der Waals surface area contributed by atoms with Crippen LogP contribution in [0.4, 0.5) is 10.5 Å². The van der Waals surface area contributed by atoms with Crippen molar-refractivity contribution in [2.24, 2.45) is 0 Å². The number of anilines is 1. The zero-order valence-electron chi connectivity index (χ0n) is 20.2. The molecule has 1 fully saturated rings. The number of hydrogen-bond acceptors (Lipinski definition) is 6. The standard InChI is InChI=1S/C28H26N2O5S/c1-18-7-10-22(11-8-18)36-14-13-35-24-12-9-20(17-25(24)34-3)16-23-26(31)29-28(33)30(27(23)32)21-6-4-5-19(2)15-21/h4-12,15-17H,13-14H2,1-3H3,(H,29,31,33)/b23-16-. The molecule has 8 heteroatoms. The average Bonchev–Trinajstić information content (AvgIpc) is 2.86. The van der Waals surface area contributed by atoms with Gasteiger partial charge in [0.25, 0.3) is 11.8 Å². The predicted molar refractivity (Wildman–Crippen MR) is 141 cm³/mol. The molecule has 7 nitrogen and oxygen atoms in total. The van der Waals surface area contributed by atoms with Gasteiger partial charge >= 0.3 is 6.03 Å². The van der Waals surface area contributed by atoms with Crippen molar-refractivity contribution in [3.8, 4) is 11.5 Å². The number of amides is 4. The Bertz CT molecular complexity index is 1330. The minimum absolute atomic E-state index is 0.152. The summed E-state index contributed by atoms with van der Waals surface area (Å²) >= 11 is 1.70. The summed E-state index contributed by atoms with van der Waals surface area (Å²) < 4.78 is 11.4. The molecule has 1 aliphatic heterocycles. The first-order valence-electron chi connectivity index (χ1n) is 11.3. The Balaban J connectivity index is 1.48. The van der Waals surface area contributed by atoms with Crippen molar-refractivity contribution in [1.82, 2.24) is 5.32 Å². The second kappa shape index (κ2) is 11.1. The van der Waals surface area contributed by atoms with E-state index in [1.807, 2.05) is 13.0 Å². The quantitative estimate of drug-likeness (QED) is 0.199. The lowest BCUT2D eigenvalue weighted by molar-refractivity contribution is -0.122. The molecule has 1 heterocycles. The molecule has 3 aromatic carbocycles. The van der Waals surface area contributed by atoms with Crippen LogP contribution in [0.15, 0.2) is 77.2 Å². The summed E-state index contributed by atoms with van der Waals surface area (Å²) in [6.07, 6.45) is 1.44. The van der Waals surface area contributed by atoms with Crippen LogP contribution < -0.4 is 19.7 Å². The van der Waals surface area contributed by atoms with Crippen LogP contribution in [-0.4, -0.2) is 37.3 Å². The van der Waals surface area contributed by atoms with Crippen LogP contribution in [0.1, 0.15) is 16.7 Å². The molecule has 0 unspecified atom stereocenters. The molecule has 4 amide bonds. The lowest BCUT2D eigenvalue weighted by atomic mass is 10.1. The van der Waals surface area contributed by atoms with Crippen LogP contribution in [0.2, 0.25) is 0 Å². The smallest absolute Gasteiger partial charge is 0.335 e. The van der Waals surface area contributed by atoms with Crippen LogP contribution in [0.25, 0.3) is 6.08 Å². The number of benzene rings is 3. The zero-order valence-corrected chi connectivity index (χ0v) is 21.1. The number of ether oxygens (including phenoxy) is 2.